The molecule has 9 heteroatoms. The number of hydrogen-bond acceptors (Lipinski definition) is 4. The molecule has 0 unspecified atom stereocenters. The molecule has 2 aromatic rings. The number of carbonyl (C=O) groups is 3. The van der Waals surface area contributed by atoms with Crippen LogP contribution in [0.15, 0.2) is 24.4 Å². The first-order valence-corrected chi connectivity index (χ1v) is 12.9. The fourth-order valence-corrected chi connectivity index (χ4v) is 5.99. The number of rotatable bonds is 2. The van der Waals surface area contributed by atoms with Crippen LogP contribution in [0, 0.1) is 11.2 Å². The predicted molar refractivity (Wildman–Crippen MR) is 134 cm³/mol. The molecular formula is C27H35FN4O4. The van der Waals surface area contributed by atoms with Crippen LogP contribution < -0.4 is 10.2 Å². The SMILES string of the molecule is CC(C)(C)OC(=O)N1CCC2(CCC(n3ccc4c(F)c(N5CCC(=O)NC5=O)ccc43)CC2)CC1. The monoisotopic (exact) mass is 498 g/mol. The number of benzene rings is 1. The van der Waals surface area contributed by atoms with Crippen LogP contribution in [0.2, 0.25) is 0 Å². The minimum absolute atomic E-state index is 0.156. The minimum Gasteiger partial charge on any atom is -0.444 e. The average molecular weight is 499 g/mol. The number of fused-ring (bicyclic) bond motifs is 1. The number of nitrogens with zero attached hydrogens (tertiary/aromatic N) is 3. The Hall–Kier alpha value is -3.10. The van der Waals surface area contributed by atoms with Crippen molar-refractivity contribution in [2.45, 2.75) is 77.4 Å². The molecule has 194 valence electrons. The van der Waals surface area contributed by atoms with Crippen LogP contribution in [0.3, 0.4) is 0 Å². The van der Waals surface area contributed by atoms with Gasteiger partial charge in [0.1, 0.15) is 5.60 Å². The average Bonchev–Trinajstić information content (AvgIpc) is 3.25. The number of piperidine rings is 1. The topological polar surface area (TPSA) is 83.9 Å². The molecule has 1 saturated carbocycles. The van der Waals surface area contributed by atoms with Gasteiger partial charge in [-0.3, -0.25) is 15.0 Å². The standard InChI is InChI=1S/C27H35FN4O4/c1-26(2,3)36-25(35)30-16-12-27(13-17-30)10-6-18(7-11-27)31-14-8-19-20(31)4-5-21(23(19)28)32-15-9-22(33)29-24(32)34/h4-5,8,14,18H,6-7,9-13,15-17H2,1-3H3,(H,29,33,34). The summed E-state index contributed by atoms with van der Waals surface area (Å²) in [4.78, 5) is 39.2. The highest BCUT2D eigenvalue weighted by Gasteiger charge is 2.40. The van der Waals surface area contributed by atoms with Crippen molar-refractivity contribution in [1.29, 1.82) is 0 Å². The third-order valence-electron chi connectivity index (χ3n) is 8.05. The molecule has 36 heavy (non-hydrogen) atoms. The predicted octanol–water partition coefficient (Wildman–Crippen LogP) is 5.36. The van der Waals surface area contributed by atoms with E-state index in [0.717, 1.165) is 57.1 Å². The van der Waals surface area contributed by atoms with Crippen molar-refractivity contribution in [2.24, 2.45) is 5.41 Å². The number of carbonyl (C=O) groups excluding carboxylic acids is 3. The molecule has 1 N–H and O–H groups in total. The van der Waals surface area contributed by atoms with Gasteiger partial charge in [-0.15, -0.1) is 0 Å². The van der Waals surface area contributed by atoms with E-state index < -0.39 is 17.4 Å². The van der Waals surface area contributed by atoms with E-state index >= 15 is 4.39 Å². The highest BCUT2D eigenvalue weighted by molar-refractivity contribution is 6.06. The maximum absolute atomic E-state index is 15.4. The highest BCUT2D eigenvalue weighted by Crippen LogP contribution is 2.48. The summed E-state index contributed by atoms with van der Waals surface area (Å²) in [6.07, 6.45) is 8.05. The summed E-state index contributed by atoms with van der Waals surface area (Å²) < 4.78 is 23.1. The molecule has 1 aromatic heterocycles. The fraction of sp³-hybridized carbons (Fsp3) is 0.593. The zero-order chi connectivity index (χ0) is 25.7. The Morgan fingerprint density at radius 3 is 2.39 bits per heavy atom. The van der Waals surface area contributed by atoms with Crippen molar-refractivity contribution < 1.29 is 23.5 Å². The Kier molecular flexibility index (Phi) is 6.21. The Labute approximate surface area is 210 Å². The first kappa shape index (κ1) is 24.6. The molecule has 1 aromatic carbocycles. The van der Waals surface area contributed by atoms with E-state index in [-0.39, 0.29) is 42.1 Å². The molecule has 0 radical (unpaired) electrons. The van der Waals surface area contributed by atoms with Crippen LogP contribution in [-0.4, -0.2) is 52.7 Å². The summed E-state index contributed by atoms with van der Waals surface area (Å²) in [6, 6.07) is 5.00. The van der Waals surface area contributed by atoms with Crippen LogP contribution >= 0.6 is 0 Å². The van der Waals surface area contributed by atoms with Crippen molar-refractivity contribution in [3.05, 3.63) is 30.2 Å². The summed E-state index contributed by atoms with van der Waals surface area (Å²) in [5.74, 6) is -0.771. The zero-order valence-corrected chi connectivity index (χ0v) is 21.3. The number of aromatic nitrogens is 1. The van der Waals surface area contributed by atoms with Crippen LogP contribution in [0.4, 0.5) is 19.7 Å². The van der Waals surface area contributed by atoms with Crippen LogP contribution in [-0.2, 0) is 9.53 Å². The molecule has 1 spiro atoms. The van der Waals surface area contributed by atoms with Gasteiger partial charge in [-0.2, -0.15) is 0 Å². The lowest BCUT2D eigenvalue weighted by atomic mass is 9.67. The van der Waals surface area contributed by atoms with E-state index in [1.54, 1.807) is 12.1 Å². The van der Waals surface area contributed by atoms with E-state index in [0.29, 0.717) is 5.39 Å². The highest BCUT2D eigenvalue weighted by atomic mass is 19.1. The summed E-state index contributed by atoms with van der Waals surface area (Å²) in [7, 11) is 0. The van der Waals surface area contributed by atoms with Crippen molar-refractivity contribution in [2.75, 3.05) is 24.5 Å². The first-order valence-electron chi connectivity index (χ1n) is 12.9. The number of likely N-dealkylation sites (tertiary alicyclic amines) is 1. The number of anilines is 1. The Morgan fingerprint density at radius 1 is 1.06 bits per heavy atom. The molecule has 4 amide bonds. The molecule has 0 atom stereocenters. The fourth-order valence-electron chi connectivity index (χ4n) is 5.99. The summed E-state index contributed by atoms with van der Waals surface area (Å²) in [6.45, 7) is 7.31. The number of nitrogens with one attached hydrogen (secondary N) is 1. The minimum atomic E-state index is -0.584. The molecule has 8 nitrogen and oxygen atoms in total. The Bertz CT molecular complexity index is 1180. The van der Waals surface area contributed by atoms with Crippen molar-refractivity contribution in [3.63, 3.8) is 0 Å². The Morgan fingerprint density at radius 2 is 1.75 bits per heavy atom. The van der Waals surface area contributed by atoms with E-state index in [4.69, 9.17) is 4.74 Å². The molecule has 0 bridgehead atoms. The van der Waals surface area contributed by atoms with Crippen LogP contribution in [0.1, 0.15) is 71.8 Å². The molecule has 5 rings (SSSR count). The summed E-state index contributed by atoms with van der Waals surface area (Å²) >= 11 is 0. The van der Waals surface area contributed by atoms with Gasteiger partial charge in [-0.05, 0) is 82.9 Å². The summed E-state index contributed by atoms with van der Waals surface area (Å²) in [5, 5.41) is 2.74. The second-order valence-corrected chi connectivity index (χ2v) is 11.5. The van der Waals surface area contributed by atoms with Gasteiger partial charge in [0.25, 0.3) is 0 Å². The number of imide groups is 1. The van der Waals surface area contributed by atoms with E-state index in [9.17, 15) is 14.4 Å². The van der Waals surface area contributed by atoms with Crippen molar-refractivity contribution in [3.8, 4) is 0 Å². The van der Waals surface area contributed by atoms with E-state index in [2.05, 4.69) is 9.88 Å². The van der Waals surface area contributed by atoms with Gasteiger partial charge >= 0.3 is 12.1 Å². The molecule has 2 aliphatic heterocycles. The third-order valence-corrected chi connectivity index (χ3v) is 8.05. The lowest BCUT2D eigenvalue weighted by Gasteiger charge is -2.46. The van der Waals surface area contributed by atoms with Crippen molar-refractivity contribution >= 4 is 34.6 Å². The number of hydrogen-bond donors (Lipinski definition) is 1. The quantitative estimate of drug-likeness (QED) is 0.604. The smallest absolute Gasteiger partial charge is 0.410 e. The molecule has 3 heterocycles. The van der Waals surface area contributed by atoms with Crippen molar-refractivity contribution in [1.82, 2.24) is 14.8 Å². The second-order valence-electron chi connectivity index (χ2n) is 11.5. The van der Waals surface area contributed by atoms with Crippen LogP contribution in [0.25, 0.3) is 10.9 Å². The normalized spacial score (nSPS) is 21.2. The van der Waals surface area contributed by atoms with Gasteiger partial charge in [0.05, 0.1) is 11.2 Å². The Balaban J connectivity index is 1.24. The number of ether oxygens (including phenoxy) is 1. The van der Waals surface area contributed by atoms with Gasteiger partial charge in [0.2, 0.25) is 5.91 Å². The maximum atomic E-state index is 15.4. The van der Waals surface area contributed by atoms with Gasteiger partial charge in [0.15, 0.2) is 5.82 Å². The van der Waals surface area contributed by atoms with Gasteiger partial charge in [-0.1, -0.05) is 0 Å². The first-order chi connectivity index (χ1) is 17.1. The third kappa shape index (κ3) is 4.67. The molecule has 2 saturated heterocycles. The molecular weight excluding hydrogens is 463 g/mol. The van der Waals surface area contributed by atoms with Gasteiger partial charge < -0.3 is 14.2 Å². The largest absolute Gasteiger partial charge is 0.444 e. The van der Waals surface area contributed by atoms with Crippen LogP contribution in [0.5, 0.6) is 0 Å². The number of urea groups is 1. The summed E-state index contributed by atoms with van der Waals surface area (Å²) in [5.41, 5.74) is 0.800. The zero-order valence-electron chi connectivity index (χ0n) is 21.3. The van der Waals surface area contributed by atoms with E-state index in [1.807, 2.05) is 37.9 Å². The molecule has 3 fully saturated rings. The number of halogens is 1. The lowest BCUT2D eigenvalue weighted by molar-refractivity contribution is -0.120. The lowest BCUT2D eigenvalue weighted by Crippen LogP contribution is -2.49. The molecule has 1 aliphatic carbocycles. The van der Waals surface area contributed by atoms with Gasteiger partial charge in [-0.25, -0.2) is 14.0 Å². The molecule has 3 aliphatic rings. The second kappa shape index (κ2) is 9.09. The van der Waals surface area contributed by atoms with Gasteiger partial charge in [0, 0.05) is 43.7 Å². The number of amides is 4. The van der Waals surface area contributed by atoms with E-state index in [1.165, 1.54) is 4.90 Å². The maximum Gasteiger partial charge on any atom is 0.410 e.